The van der Waals surface area contributed by atoms with Crippen LogP contribution in [0.1, 0.15) is 27.7 Å². The predicted molar refractivity (Wildman–Crippen MR) is 75.3 cm³/mol. The Bertz CT molecular complexity index is 476. The van der Waals surface area contributed by atoms with Crippen LogP contribution in [0.2, 0.25) is 0 Å². The summed E-state index contributed by atoms with van der Waals surface area (Å²) < 4.78 is 4.98. The molecule has 0 fully saturated rings. The number of aromatic hydroxyl groups is 1. The summed E-state index contributed by atoms with van der Waals surface area (Å²) in [4.78, 5) is 12.3. The van der Waals surface area contributed by atoms with Crippen molar-refractivity contribution in [2.75, 3.05) is 12.4 Å². The lowest BCUT2D eigenvalue weighted by molar-refractivity contribution is -0.126. The second kappa shape index (κ2) is 5.09. The molecule has 0 saturated carbocycles. The summed E-state index contributed by atoms with van der Waals surface area (Å²) in [6.45, 7) is 7.12. The SMILES string of the molecule is COc1ccc(NC(=O)C(C)(C)C(C)(C)N)c(O)c1. The van der Waals surface area contributed by atoms with Gasteiger partial charge < -0.3 is 20.9 Å². The average molecular weight is 266 g/mol. The highest BCUT2D eigenvalue weighted by Gasteiger charge is 2.40. The largest absolute Gasteiger partial charge is 0.506 e. The van der Waals surface area contributed by atoms with Crippen molar-refractivity contribution in [2.24, 2.45) is 11.1 Å². The van der Waals surface area contributed by atoms with Crippen molar-refractivity contribution in [3.05, 3.63) is 18.2 Å². The molecular formula is C14H22N2O3. The Labute approximate surface area is 113 Å². The molecule has 5 nitrogen and oxygen atoms in total. The fourth-order valence-corrected chi connectivity index (χ4v) is 1.32. The summed E-state index contributed by atoms with van der Waals surface area (Å²) in [7, 11) is 1.51. The highest BCUT2D eigenvalue weighted by atomic mass is 16.5. The van der Waals surface area contributed by atoms with E-state index in [0.29, 0.717) is 11.4 Å². The molecule has 1 aromatic rings. The Hall–Kier alpha value is -1.75. The van der Waals surface area contributed by atoms with Gasteiger partial charge in [0.1, 0.15) is 11.5 Å². The lowest BCUT2D eigenvalue weighted by atomic mass is 9.74. The molecule has 4 N–H and O–H groups in total. The van der Waals surface area contributed by atoms with Gasteiger partial charge in [-0.05, 0) is 39.8 Å². The summed E-state index contributed by atoms with van der Waals surface area (Å²) in [5.74, 6) is 0.229. The molecule has 19 heavy (non-hydrogen) atoms. The van der Waals surface area contributed by atoms with E-state index in [1.807, 2.05) is 0 Å². The topological polar surface area (TPSA) is 84.6 Å². The molecule has 0 bridgehead atoms. The standard InChI is InChI=1S/C14H22N2O3/c1-13(2,14(3,4)15)12(18)16-10-7-6-9(19-5)8-11(10)17/h6-8,17H,15H2,1-5H3,(H,16,18). The number of rotatable bonds is 4. The lowest BCUT2D eigenvalue weighted by Gasteiger charge is -2.36. The van der Waals surface area contributed by atoms with Crippen molar-refractivity contribution in [3.63, 3.8) is 0 Å². The minimum Gasteiger partial charge on any atom is -0.506 e. The molecule has 5 heteroatoms. The third-order valence-corrected chi connectivity index (χ3v) is 3.63. The number of carbonyl (C=O) groups excluding carboxylic acids is 1. The van der Waals surface area contributed by atoms with Gasteiger partial charge in [0.2, 0.25) is 5.91 Å². The second-order valence-electron chi connectivity index (χ2n) is 5.68. The summed E-state index contributed by atoms with van der Waals surface area (Å²) in [5, 5.41) is 12.5. The van der Waals surface area contributed by atoms with Crippen molar-refractivity contribution in [1.82, 2.24) is 0 Å². The third-order valence-electron chi connectivity index (χ3n) is 3.63. The van der Waals surface area contributed by atoms with Gasteiger partial charge in [0, 0.05) is 11.6 Å². The summed E-state index contributed by atoms with van der Waals surface area (Å²) in [5.41, 5.74) is 4.88. The zero-order valence-corrected chi connectivity index (χ0v) is 12.1. The molecule has 0 heterocycles. The van der Waals surface area contributed by atoms with Crippen LogP contribution in [0.4, 0.5) is 5.69 Å². The van der Waals surface area contributed by atoms with E-state index < -0.39 is 11.0 Å². The molecule has 1 amide bonds. The van der Waals surface area contributed by atoms with Crippen LogP contribution in [0.15, 0.2) is 18.2 Å². The van der Waals surface area contributed by atoms with Crippen LogP contribution in [0.25, 0.3) is 0 Å². The molecule has 0 aliphatic rings. The van der Waals surface area contributed by atoms with Gasteiger partial charge in [-0.2, -0.15) is 0 Å². The quantitative estimate of drug-likeness (QED) is 0.729. The maximum atomic E-state index is 12.3. The van der Waals surface area contributed by atoms with Crippen LogP contribution >= 0.6 is 0 Å². The third kappa shape index (κ3) is 3.17. The van der Waals surface area contributed by atoms with Gasteiger partial charge in [0.15, 0.2) is 0 Å². The van der Waals surface area contributed by atoms with E-state index in [1.165, 1.54) is 13.2 Å². The molecule has 0 spiro atoms. The molecule has 0 aromatic heterocycles. The molecule has 106 valence electrons. The van der Waals surface area contributed by atoms with Crippen LogP contribution in [-0.2, 0) is 4.79 Å². The fourth-order valence-electron chi connectivity index (χ4n) is 1.32. The molecule has 0 aliphatic heterocycles. The highest BCUT2D eigenvalue weighted by molar-refractivity contribution is 5.97. The number of benzene rings is 1. The highest BCUT2D eigenvalue weighted by Crippen LogP contribution is 2.33. The predicted octanol–water partition coefficient (Wildman–Crippen LogP) is 2.10. The Morgan fingerprint density at radius 2 is 1.89 bits per heavy atom. The van der Waals surface area contributed by atoms with Crippen LogP contribution in [0, 0.1) is 5.41 Å². The number of anilines is 1. The average Bonchev–Trinajstić information content (AvgIpc) is 2.30. The number of phenols is 1. The Morgan fingerprint density at radius 3 is 2.32 bits per heavy atom. The van der Waals surface area contributed by atoms with Crippen molar-refractivity contribution >= 4 is 11.6 Å². The van der Waals surface area contributed by atoms with Crippen LogP contribution in [-0.4, -0.2) is 23.7 Å². The first-order chi connectivity index (χ1) is 8.59. The number of carbonyl (C=O) groups is 1. The first-order valence-corrected chi connectivity index (χ1v) is 6.07. The van der Waals surface area contributed by atoms with Crippen LogP contribution in [0.3, 0.4) is 0 Å². The smallest absolute Gasteiger partial charge is 0.231 e. The number of ether oxygens (including phenoxy) is 1. The zero-order valence-electron chi connectivity index (χ0n) is 12.1. The van der Waals surface area contributed by atoms with E-state index in [4.69, 9.17) is 10.5 Å². The van der Waals surface area contributed by atoms with E-state index in [1.54, 1.807) is 39.8 Å². The zero-order chi connectivity index (χ0) is 14.8. The van der Waals surface area contributed by atoms with Gasteiger partial charge in [-0.1, -0.05) is 0 Å². The molecule has 0 aliphatic carbocycles. The molecule has 0 saturated heterocycles. The maximum absolute atomic E-state index is 12.3. The molecule has 1 rings (SSSR count). The van der Waals surface area contributed by atoms with Crippen LogP contribution in [0.5, 0.6) is 11.5 Å². The van der Waals surface area contributed by atoms with E-state index in [0.717, 1.165) is 0 Å². The normalized spacial score (nSPS) is 12.1. The number of methoxy groups -OCH3 is 1. The van der Waals surface area contributed by atoms with Gasteiger partial charge in [0.25, 0.3) is 0 Å². The van der Waals surface area contributed by atoms with Crippen molar-refractivity contribution < 1.29 is 14.6 Å². The second-order valence-corrected chi connectivity index (χ2v) is 5.68. The monoisotopic (exact) mass is 266 g/mol. The molecule has 0 radical (unpaired) electrons. The van der Waals surface area contributed by atoms with Gasteiger partial charge in [-0.3, -0.25) is 4.79 Å². The van der Waals surface area contributed by atoms with Gasteiger partial charge in [-0.25, -0.2) is 0 Å². The summed E-state index contributed by atoms with van der Waals surface area (Å²) in [6, 6.07) is 4.69. The first-order valence-electron chi connectivity index (χ1n) is 6.07. The number of hydrogen-bond acceptors (Lipinski definition) is 4. The van der Waals surface area contributed by atoms with E-state index in [9.17, 15) is 9.90 Å². The summed E-state index contributed by atoms with van der Waals surface area (Å²) >= 11 is 0. The van der Waals surface area contributed by atoms with Crippen molar-refractivity contribution in [2.45, 2.75) is 33.2 Å². The van der Waals surface area contributed by atoms with Gasteiger partial charge >= 0.3 is 0 Å². The number of nitrogens with two attached hydrogens (primary N) is 1. The molecular weight excluding hydrogens is 244 g/mol. The summed E-state index contributed by atoms with van der Waals surface area (Å²) in [6.07, 6.45) is 0. The van der Waals surface area contributed by atoms with E-state index in [-0.39, 0.29) is 11.7 Å². The Kier molecular flexibility index (Phi) is 4.10. The lowest BCUT2D eigenvalue weighted by Crippen LogP contribution is -2.53. The number of phenolic OH excluding ortho intramolecular Hbond substituents is 1. The minimum atomic E-state index is -0.778. The number of nitrogens with one attached hydrogen (secondary N) is 1. The number of hydrogen-bond donors (Lipinski definition) is 3. The Balaban J connectivity index is 2.95. The van der Waals surface area contributed by atoms with Crippen LogP contribution < -0.4 is 15.8 Å². The van der Waals surface area contributed by atoms with Gasteiger partial charge in [-0.15, -0.1) is 0 Å². The van der Waals surface area contributed by atoms with E-state index in [2.05, 4.69) is 5.32 Å². The Morgan fingerprint density at radius 1 is 1.32 bits per heavy atom. The molecule has 1 aromatic carbocycles. The molecule has 0 unspecified atom stereocenters. The van der Waals surface area contributed by atoms with Gasteiger partial charge in [0.05, 0.1) is 18.2 Å². The first kappa shape index (κ1) is 15.3. The number of amides is 1. The molecule has 0 atom stereocenters. The van der Waals surface area contributed by atoms with Crippen molar-refractivity contribution in [3.8, 4) is 11.5 Å². The minimum absolute atomic E-state index is 0.0432. The maximum Gasteiger partial charge on any atom is 0.231 e. The fraction of sp³-hybridized carbons (Fsp3) is 0.500. The van der Waals surface area contributed by atoms with E-state index >= 15 is 0 Å². The van der Waals surface area contributed by atoms with Crippen molar-refractivity contribution in [1.29, 1.82) is 0 Å².